The van der Waals surface area contributed by atoms with Gasteiger partial charge in [0, 0.05) is 16.5 Å². The van der Waals surface area contributed by atoms with Gasteiger partial charge in [-0.2, -0.15) is 11.8 Å². The van der Waals surface area contributed by atoms with E-state index >= 15 is 0 Å². The lowest BCUT2D eigenvalue weighted by molar-refractivity contribution is 0.0697. The number of hydrogen-bond donors (Lipinski definition) is 1. The highest BCUT2D eigenvalue weighted by Gasteiger charge is 2.11. The number of rotatable bonds is 5. The van der Waals surface area contributed by atoms with E-state index < -0.39 is 5.97 Å². The minimum atomic E-state index is -0.886. The summed E-state index contributed by atoms with van der Waals surface area (Å²) in [6.07, 6.45) is 0. The number of aromatic carboxylic acids is 1. The second-order valence-corrected chi connectivity index (χ2v) is 7.41. The van der Waals surface area contributed by atoms with Gasteiger partial charge in [-0.1, -0.05) is 13.8 Å². The van der Waals surface area contributed by atoms with Gasteiger partial charge >= 0.3 is 5.97 Å². The van der Waals surface area contributed by atoms with Gasteiger partial charge in [0.05, 0.1) is 16.1 Å². The standard InChI is InChI=1S/C12H13NO2S3/c1-7(2)16-6-11-13-9(5-18-11)10-3-8(4-17-10)12(14)15/h3-5,7H,6H2,1-2H3,(H,14,15). The molecule has 2 aromatic rings. The molecular formula is C12H13NO2S3. The molecule has 0 spiro atoms. The SMILES string of the molecule is CC(C)SCc1nc(-c2cc(C(=O)O)cs2)cs1. The molecule has 0 aliphatic heterocycles. The molecule has 6 heteroatoms. The Kier molecular flexibility index (Phi) is 4.42. The highest BCUT2D eigenvalue weighted by atomic mass is 32.2. The van der Waals surface area contributed by atoms with Crippen molar-refractivity contribution in [2.75, 3.05) is 0 Å². The Morgan fingerprint density at radius 1 is 1.44 bits per heavy atom. The number of carboxylic acid groups (broad SMARTS) is 1. The van der Waals surface area contributed by atoms with Crippen LogP contribution in [-0.2, 0) is 5.75 Å². The van der Waals surface area contributed by atoms with Crippen LogP contribution in [0.15, 0.2) is 16.8 Å². The van der Waals surface area contributed by atoms with Crippen molar-refractivity contribution >= 4 is 40.4 Å². The molecule has 0 saturated carbocycles. The van der Waals surface area contributed by atoms with E-state index in [1.165, 1.54) is 11.3 Å². The lowest BCUT2D eigenvalue weighted by Crippen LogP contribution is -1.91. The van der Waals surface area contributed by atoms with Crippen LogP contribution in [0.4, 0.5) is 0 Å². The molecule has 0 fully saturated rings. The van der Waals surface area contributed by atoms with Gasteiger partial charge in [-0.3, -0.25) is 0 Å². The van der Waals surface area contributed by atoms with Crippen LogP contribution in [0.3, 0.4) is 0 Å². The van der Waals surface area contributed by atoms with E-state index in [-0.39, 0.29) is 0 Å². The number of carboxylic acids is 1. The zero-order valence-electron chi connectivity index (χ0n) is 10.0. The molecule has 1 N–H and O–H groups in total. The summed E-state index contributed by atoms with van der Waals surface area (Å²) in [7, 11) is 0. The number of thiazole rings is 1. The topological polar surface area (TPSA) is 50.2 Å². The molecule has 18 heavy (non-hydrogen) atoms. The summed E-state index contributed by atoms with van der Waals surface area (Å²) in [5.74, 6) is 0.0303. The lowest BCUT2D eigenvalue weighted by Gasteiger charge is -2.00. The number of carbonyl (C=O) groups is 1. The maximum Gasteiger partial charge on any atom is 0.336 e. The van der Waals surface area contributed by atoms with Crippen LogP contribution in [0.2, 0.25) is 0 Å². The fraction of sp³-hybridized carbons (Fsp3) is 0.333. The van der Waals surface area contributed by atoms with Crippen LogP contribution in [0.25, 0.3) is 10.6 Å². The first-order valence-corrected chi connectivity index (χ1v) is 8.25. The first-order chi connectivity index (χ1) is 8.56. The Hall–Kier alpha value is -0.850. The Balaban J connectivity index is 2.11. The maximum atomic E-state index is 10.8. The second kappa shape index (κ2) is 5.86. The van der Waals surface area contributed by atoms with Gasteiger partial charge < -0.3 is 5.11 Å². The molecule has 2 rings (SSSR count). The van der Waals surface area contributed by atoms with Crippen LogP contribution >= 0.6 is 34.4 Å². The van der Waals surface area contributed by atoms with Crippen molar-refractivity contribution in [2.24, 2.45) is 0 Å². The Labute approximate surface area is 118 Å². The van der Waals surface area contributed by atoms with E-state index in [1.54, 1.807) is 22.8 Å². The average Bonchev–Trinajstić information content (AvgIpc) is 2.95. The van der Waals surface area contributed by atoms with Crippen molar-refractivity contribution in [1.82, 2.24) is 4.98 Å². The van der Waals surface area contributed by atoms with Crippen molar-refractivity contribution in [1.29, 1.82) is 0 Å². The van der Waals surface area contributed by atoms with Crippen LogP contribution in [0.5, 0.6) is 0 Å². The van der Waals surface area contributed by atoms with Gasteiger partial charge in [0.1, 0.15) is 5.01 Å². The third-order valence-electron chi connectivity index (χ3n) is 2.19. The first kappa shape index (κ1) is 13.6. The smallest absolute Gasteiger partial charge is 0.336 e. The van der Waals surface area contributed by atoms with Crippen LogP contribution in [0.1, 0.15) is 29.2 Å². The summed E-state index contributed by atoms with van der Waals surface area (Å²) in [5.41, 5.74) is 1.22. The fourth-order valence-corrected chi connectivity index (χ4v) is 3.82. The van der Waals surface area contributed by atoms with Gasteiger partial charge in [0.2, 0.25) is 0 Å². The van der Waals surface area contributed by atoms with E-state index in [0.29, 0.717) is 10.8 Å². The minimum absolute atomic E-state index is 0.334. The predicted molar refractivity (Wildman–Crippen MR) is 78.8 cm³/mol. The molecule has 0 unspecified atom stereocenters. The molecule has 0 amide bonds. The number of thioether (sulfide) groups is 1. The number of aromatic nitrogens is 1. The second-order valence-electron chi connectivity index (χ2n) is 3.99. The average molecular weight is 299 g/mol. The first-order valence-electron chi connectivity index (χ1n) is 5.44. The summed E-state index contributed by atoms with van der Waals surface area (Å²) in [6.45, 7) is 4.33. The van der Waals surface area contributed by atoms with E-state index in [0.717, 1.165) is 21.3 Å². The zero-order chi connectivity index (χ0) is 13.1. The van der Waals surface area contributed by atoms with Crippen molar-refractivity contribution in [3.05, 3.63) is 27.4 Å². The molecule has 96 valence electrons. The Morgan fingerprint density at radius 2 is 2.22 bits per heavy atom. The molecule has 2 aromatic heterocycles. The predicted octanol–water partition coefficient (Wildman–Crippen LogP) is 4.21. The van der Waals surface area contributed by atoms with Crippen molar-refractivity contribution in [3.63, 3.8) is 0 Å². The van der Waals surface area contributed by atoms with Crippen molar-refractivity contribution in [2.45, 2.75) is 24.9 Å². The van der Waals surface area contributed by atoms with E-state index in [1.807, 2.05) is 17.1 Å². The Morgan fingerprint density at radius 3 is 2.83 bits per heavy atom. The Bertz CT molecular complexity index is 545. The number of thiophene rings is 1. The van der Waals surface area contributed by atoms with E-state index in [4.69, 9.17) is 5.11 Å². The van der Waals surface area contributed by atoms with E-state index in [2.05, 4.69) is 18.8 Å². The van der Waals surface area contributed by atoms with Gasteiger partial charge in [-0.05, 0) is 11.3 Å². The third kappa shape index (κ3) is 3.34. The molecule has 0 aliphatic carbocycles. The molecule has 0 aromatic carbocycles. The molecule has 2 heterocycles. The lowest BCUT2D eigenvalue weighted by atomic mass is 10.3. The molecule has 0 saturated heterocycles. The third-order valence-corrected chi connectivity index (χ3v) is 5.28. The highest BCUT2D eigenvalue weighted by molar-refractivity contribution is 7.99. The van der Waals surface area contributed by atoms with Crippen molar-refractivity contribution < 1.29 is 9.90 Å². The summed E-state index contributed by atoms with van der Waals surface area (Å²) in [4.78, 5) is 16.3. The molecule has 0 aliphatic rings. The summed E-state index contributed by atoms with van der Waals surface area (Å²) < 4.78 is 0. The molecule has 0 atom stereocenters. The molecule has 3 nitrogen and oxygen atoms in total. The summed E-state index contributed by atoms with van der Waals surface area (Å²) >= 11 is 4.92. The normalized spacial score (nSPS) is 11.1. The maximum absolute atomic E-state index is 10.8. The molecular weight excluding hydrogens is 286 g/mol. The summed E-state index contributed by atoms with van der Waals surface area (Å²) in [6, 6.07) is 1.68. The largest absolute Gasteiger partial charge is 0.478 e. The highest BCUT2D eigenvalue weighted by Crippen LogP contribution is 2.30. The monoisotopic (exact) mass is 299 g/mol. The zero-order valence-corrected chi connectivity index (χ0v) is 12.5. The van der Waals surface area contributed by atoms with Gasteiger partial charge in [0.15, 0.2) is 0 Å². The molecule has 0 radical (unpaired) electrons. The fourth-order valence-electron chi connectivity index (χ4n) is 1.31. The van der Waals surface area contributed by atoms with Gasteiger partial charge in [-0.25, -0.2) is 9.78 Å². The number of hydrogen-bond acceptors (Lipinski definition) is 5. The van der Waals surface area contributed by atoms with Crippen LogP contribution < -0.4 is 0 Å². The molecule has 0 bridgehead atoms. The van der Waals surface area contributed by atoms with Crippen LogP contribution in [0, 0.1) is 0 Å². The van der Waals surface area contributed by atoms with Crippen LogP contribution in [-0.4, -0.2) is 21.3 Å². The van der Waals surface area contributed by atoms with Gasteiger partial charge in [-0.15, -0.1) is 22.7 Å². The van der Waals surface area contributed by atoms with Crippen molar-refractivity contribution in [3.8, 4) is 10.6 Å². The quantitative estimate of drug-likeness (QED) is 0.898. The van der Waals surface area contributed by atoms with E-state index in [9.17, 15) is 4.79 Å². The van der Waals surface area contributed by atoms with Gasteiger partial charge in [0.25, 0.3) is 0 Å². The summed E-state index contributed by atoms with van der Waals surface area (Å²) in [5, 5.41) is 14.2. The minimum Gasteiger partial charge on any atom is -0.478 e. The number of nitrogens with zero attached hydrogens (tertiary/aromatic N) is 1.